The number of hydrogen-bond acceptors (Lipinski definition) is 3. The summed E-state index contributed by atoms with van der Waals surface area (Å²) in [4.78, 5) is 11.9. The van der Waals surface area contributed by atoms with E-state index < -0.39 is 0 Å². The van der Waals surface area contributed by atoms with Crippen molar-refractivity contribution in [2.45, 2.75) is 6.42 Å². The summed E-state index contributed by atoms with van der Waals surface area (Å²) in [6.07, 6.45) is 0.925. The van der Waals surface area contributed by atoms with Gasteiger partial charge >= 0.3 is 0 Å². The Morgan fingerprint density at radius 1 is 1.22 bits per heavy atom. The van der Waals surface area contributed by atoms with Crippen LogP contribution < -0.4 is 14.8 Å². The second-order valence-electron chi connectivity index (χ2n) is 5.54. The fraction of sp³-hybridized carbons (Fsp3) is 0.278. The molecule has 120 valence electrons. The molecule has 2 aromatic carbocycles. The molecule has 1 amide bonds. The molecule has 0 radical (unpaired) electrons. The van der Waals surface area contributed by atoms with Crippen molar-refractivity contribution < 1.29 is 14.3 Å². The first-order valence-electron chi connectivity index (χ1n) is 7.56. The molecule has 0 saturated heterocycles. The van der Waals surface area contributed by atoms with Crippen molar-refractivity contribution in [2.75, 3.05) is 19.8 Å². The highest BCUT2D eigenvalue weighted by Crippen LogP contribution is 2.26. The maximum Gasteiger partial charge on any atom is 0.257 e. The topological polar surface area (TPSA) is 47.6 Å². The third-order valence-electron chi connectivity index (χ3n) is 3.73. The minimum absolute atomic E-state index is 0.0325. The van der Waals surface area contributed by atoms with Gasteiger partial charge in [-0.15, -0.1) is 0 Å². The van der Waals surface area contributed by atoms with Gasteiger partial charge in [0.15, 0.2) is 6.61 Å². The van der Waals surface area contributed by atoms with Crippen molar-refractivity contribution in [1.29, 1.82) is 0 Å². The largest absolute Gasteiger partial charge is 0.493 e. The Morgan fingerprint density at radius 2 is 2.00 bits per heavy atom. The first-order chi connectivity index (χ1) is 11.2. The lowest BCUT2D eigenvalue weighted by Gasteiger charge is -2.25. The standard InChI is InChI=1S/C18H18INO3/c19-15-5-7-16(8-6-15)22-12-18(21)20-10-13-9-14-3-1-2-4-17(14)23-11-13/h1-8,13H,9-12H2,(H,20,21). The highest BCUT2D eigenvalue weighted by atomic mass is 127. The van der Waals surface area contributed by atoms with Crippen molar-refractivity contribution in [3.8, 4) is 11.5 Å². The molecule has 1 unspecified atom stereocenters. The van der Waals surface area contributed by atoms with Crippen LogP contribution in [-0.4, -0.2) is 25.7 Å². The van der Waals surface area contributed by atoms with Gasteiger partial charge in [0, 0.05) is 16.0 Å². The molecule has 1 N–H and O–H groups in total. The fourth-order valence-electron chi connectivity index (χ4n) is 2.51. The highest BCUT2D eigenvalue weighted by Gasteiger charge is 2.19. The molecule has 0 aliphatic carbocycles. The monoisotopic (exact) mass is 423 g/mol. The zero-order valence-electron chi connectivity index (χ0n) is 12.6. The molecule has 3 rings (SSSR count). The van der Waals surface area contributed by atoms with Crippen molar-refractivity contribution in [3.63, 3.8) is 0 Å². The van der Waals surface area contributed by atoms with Gasteiger partial charge in [0.25, 0.3) is 5.91 Å². The van der Waals surface area contributed by atoms with E-state index in [0.29, 0.717) is 24.8 Å². The Morgan fingerprint density at radius 3 is 2.83 bits per heavy atom. The van der Waals surface area contributed by atoms with Crippen LogP contribution in [0, 0.1) is 9.49 Å². The van der Waals surface area contributed by atoms with E-state index in [1.54, 1.807) is 0 Å². The van der Waals surface area contributed by atoms with E-state index in [1.165, 1.54) is 5.56 Å². The van der Waals surface area contributed by atoms with Gasteiger partial charge in [0.1, 0.15) is 11.5 Å². The van der Waals surface area contributed by atoms with E-state index in [1.807, 2.05) is 42.5 Å². The molecule has 1 aliphatic heterocycles. The molecule has 0 saturated carbocycles. The van der Waals surface area contributed by atoms with E-state index in [-0.39, 0.29) is 12.5 Å². The lowest BCUT2D eigenvalue weighted by atomic mass is 9.97. The highest BCUT2D eigenvalue weighted by molar-refractivity contribution is 14.1. The molecule has 1 atom stereocenters. The SMILES string of the molecule is O=C(COc1ccc(I)cc1)NCC1COc2ccccc2C1. The second-order valence-corrected chi connectivity index (χ2v) is 6.78. The fourth-order valence-corrected chi connectivity index (χ4v) is 2.87. The van der Waals surface area contributed by atoms with E-state index >= 15 is 0 Å². The van der Waals surface area contributed by atoms with E-state index in [2.05, 4.69) is 34.0 Å². The maximum absolute atomic E-state index is 11.9. The average molecular weight is 423 g/mol. The number of nitrogens with one attached hydrogen (secondary N) is 1. The van der Waals surface area contributed by atoms with Gasteiger partial charge in [-0.1, -0.05) is 18.2 Å². The van der Waals surface area contributed by atoms with Crippen LogP contribution >= 0.6 is 22.6 Å². The molecule has 5 heteroatoms. The third kappa shape index (κ3) is 4.60. The molecule has 0 spiro atoms. The number of carbonyl (C=O) groups is 1. The van der Waals surface area contributed by atoms with Crippen LogP contribution in [0.4, 0.5) is 0 Å². The minimum atomic E-state index is -0.109. The van der Waals surface area contributed by atoms with E-state index in [0.717, 1.165) is 15.7 Å². The van der Waals surface area contributed by atoms with Crippen LogP contribution in [-0.2, 0) is 11.2 Å². The summed E-state index contributed by atoms with van der Waals surface area (Å²) in [5.74, 6) is 1.85. The summed E-state index contributed by atoms with van der Waals surface area (Å²) in [6.45, 7) is 1.27. The molecule has 4 nitrogen and oxygen atoms in total. The first kappa shape index (κ1) is 16.1. The van der Waals surface area contributed by atoms with Gasteiger partial charge in [-0.25, -0.2) is 0 Å². The lowest BCUT2D eigenvalue weighted by molar-refractivity contribution is -0.123. The van der Waals surface area contributed by atoms with Gasteiger partial charge in [-0.2, -0.15) is 0 Å². The minimum Gasteiger partial charge on any atom is -0.493 e. The molecule has 23 heavy (non-hydrogen) atoms. The van der Waals surface area contributed by atoms with Crippen LogP contribution in [0.25, 0.3) is 0 Å². The number of fused-ring (bicyclic) bond motifs is 1. The second kappa shape index (κ2) is 7.68. The number of hydrogen-bond donors (Lipinski definition) is 1. The number of amides is 1. The first-order valence-corrected chi connectivity index (χ1v) is 8.64. The molecule has 2 aromatic rings. The smallest absolute Gasteiger partial charge is 0.257 e. The van der Waals surface area contributed by atoms with Crippen LogP contribution in [0.5, 0.6) is 11.5 Å². The number of carbonyl (C=O) groups excluding carboxylic acids is 1. The maximum atomic E-state index is 11.9. The van der Waals surface area contributed by atoms with Crippen molar-refractivity contribution in [3.05, 3.63) is 57.7 Å². The number of ether oxygens (including phenoxy) is 2. The molecule has 0 bridgehead atoms. The summed E-state index contributed by atoms with van der Waals surface area (Å²) in [5.41, 5.74) is 1.20. The Hall–Kier alpha value is -1.76. The summed E-state index contributed by atoms with van der Waals surface area (Å²) in [7, 11) is 0. The number of para-hydroxylation sites is 1. The summed E-state index contributed by atoms with van der Waals surface area (Å²) >= 11 is 2.23. The van der Waals surface area contributed by atoms with Gasteiger partial charge in [0.2, 0.25) is 0 Å². The summed E-state index contributed by atoms with van der Waals surface area (Å²) in [5, 5.41) is 2.92. The number of benzene rings is 2. The average Bonchev–Trinajstić information content (AvgIpc) is 2.59. The predicted octanol–water partition coefficient (Wildman–Crippen LogP) is 3.04. The zero-order chi connectivity index (χ0) is 16.1. The normalized spacial score (nSPS) is 16.1. The van der Waals surface area contributed by atoms with Crippen LogP contribution in [0.3, 0.4) is 0 Å². The predicted molar refractivity (Wildman–Crippen MR) is 96.8 cm³/mol. The van der Waals surface area contributed by atoms with Crippen molar-refractivity contribution in [2.24, 2.45) is 5.92 Å². The van der Waals surface area contributed by atoms with Gasteiger partial charge in [-0.05, 0) is 64.9 Å². The van der Waals surface area contributed by atoms with E-state index in [4.69, 9.17) is 9.47 Å². The number of halogens is 1. The molecular formula is C18H18INO3. The number of rotatable bonds is 5. The third-order valence-corrected chi connectivity index (χ3v) is 4.45. The lowest BCUT2D eigenvalue weighted by Crippen LogP contribution is -2.37. The van der Waals surface area contributed by atoms with Crippen molar-refractivity contribution >= 4 is 28.5 Å². The van der Waals surface area contributed by atoms with Gasteiger partial charge in [-0.3, -0.25) is 4.79 Å². The Kier molecular flexibility index (Phi) is 5.38. The van der Waals surface area contributed by atoms with E-state index in [9.17, 15) is 4.79 Å². The molecule has 1 heterocycles. The molecule has 0 aromatic heterocycles. The summed E-state index contributed by atoms with van der Waals surface area (Å²) in [6, 6.07) is 15.7. The Labute approximate surface area is 149 Å². The van der Waals surface area contributed by atoms with Crippen LogP contribution in [0.15, 0.2) is 48.5 Å². The Balaban J connectivity index is 1.42. The van der Waals surface area contributed by atoms with Gasteiger partial charge < -0.3 is 14.8 Å². The molecule has 1 aliphatic rings. The molecule has 0 fully saturated rings. The van der Waals surface area contributed by atoms with Crippen LogP contribution in [0.2, 0.25) is 0 Å². The summed E-state index contributed by atoms with van der Waals surface area (Å²) < 4.78 is 12.3. The quantitative estimate of drug-likeness (QED) is 0.753. The molecular weight excluding hydrogens is 405 g/mol. The Bertz CT molecular complexity index is 672. The van der Waals surface area contributed by atoms with Crippen LogP contribution in [0.1, 0.15) is 5.56 Å². The zero-order valence-corrected chi connectivity index (χ0v) is 14.8. The van der Waals surface area contributed by atoms with Gasteiger partial charge in [0.05, 0.1) is 6.61 Å². The van der Waals surface area contributed by atoms with Crippen molar-refractivity contribution in [1.82, 2.24) is 5.32 Å².